The molecule has 3 N–H and O–H groups in total. The van der Waals surface area contributed by atoms with E-state index in [0.717, 1.165) is 59.4 Å². The first-order chi connectivity index (χ1) is 19.4. The van der Waals surface area contributed by atoms with E-state index in [1.165, 1.54) is 0 Å². The number of rotatable bonds is 9. The number of nitrogens with two attached hydrogens (primary N) is 1. The van der Waals surface area contributed by atoms with Gasteiger partial charge >= 0.3 is 0 Å². The number of aliphatic hydroxyl groups excluding tert-OH is 1. The van der Waals surface area contributed by atoms with Crippen molar-refractivity contribution in [3.05, 3.63) is 93.6 Å². The number of pyridine rings is 2. The number of halogens is 1. The van der Waals surface area contributed by atoms with Crippen LogP contribution in [0.1, 0.15) is 44.4 Å². The highest BCUT2D eigenvalue weighted by molar-refractivity contribution is 6.32. The van der Waals surface area contributed by atoms with Gasteiger partial charge in [-0.25, -0.2) is 4.99 Å². The van der Waals surface area contributed by atoms with Gasteiger partial charge < -0.3 is 15.4 Å². The maximum absolute atomic E-state index is 13.2. The fraction of sp³-hybridized carbons (Fsp3) is 0.344. The maximum Gasteiger partial charge on any atom is 0.258 e. The van der Waals surface area contributed by atoms with E-state index in [9.17, 15) is 9.90 Å². The van der Waals surface area contributed by atoms with E-state index in [1.807, 2.05) is 60.8 Å². The molecule has 0 amide bonds. The molecule has 2 aromatic heterocycles. The topological polar surface area (TPSA) is 96.7 Å². The van der Waals surface area contributed by atoms with Crippen molar-refractivity contribution in [3.8, 4) is 11.1 Å². The van der Waals surface area contributed by atoms with Crippen molar-refractivity contribution in [2.45, 2.75) is 52.3 Å². The zero-order valence-electron chi connectivity index (χ0n) is 23.1. The molecule has 0 fully saturated rings. The molecule has 8 heteroatoms. The van der Waals surface area contributed by atoms with E-state index >= 15 is 0 Å². The Kier molecular flexibility index (Phi) is 8.64. The van der Waals surface area contributed by atoms with Gasteiger partial charge in [0, 0.05) is 48.2 Å². The molecule has 1 aliphatic heterocycles. The Morgan fingerprint density at radius 3 is 2.60 bits per heavy atom. The van der Waals surface area contributed by atoms with Gasteiger partial charge in [0.25, 0.3) is 5.56 Å². The Hall–Kier alpha value is -3.52. The molecule has 5 rings (SSSR count). The van der Waals surface area contributed by atoms with E-state index in [4.69, 9.17) is 22.3 Å². The number of hydrogen-bond acceptors (Lipinski definition) is 6. The lowest BCUT2D eigenvalue weighted by Gasteiger charge is -2.33. The van der Waals surface area contributed by atoms with E-state index in [0.29, 0.717) is 35.6 Å². The van der Waals surface area contributed by atoms with Gasteiger partial charge in [-0.05, 0) is 83.8 Å². The first-order valence-corrected chi connectivity index (χ1v) is 14.4. The lowest BCUT2D eigenvalue weighted by Crippen LogP contribution is -2.43. The molecule has 3 heterocycles. The van der Waals surface area contributed by atoms with E-state index < -0.39 is 6.23 Å². The molecule has 2 atom stereocenters. The second-order valence-electron chi connectivity index (χ2n) is 10.5. The van der Waals surface area contributed by atoms with Crippen LogP contribution in [0.25, 0.3) is 21.9 Å². The Balaban J connectivity index is 1.45. The molecule has 2 unspecified atom stereocenters. The molecule has 1 aliphatic rings. The maximum atomic E-state index is 13.2. The number of amidine groups is 1. The summed E-state index contributed by atoms with van der Waals surface area (Å²) in [7, 11) is 0. The number of benzene rings is 2. The van der Waals surface area contributed by atoms with Gasteiger partial charge in [0.1, 0.15) is 12.1 Å². The number of aliphatic hydroxyl groups is 1. The highest BCUT2D eigenvalue weighted by atomic mass is 35.5. The molecule has 208 valence electrons. The first kappa shape index (κ1) is 28.0. The van der Waals surface area contributed by atoms with Crippen LogP contribution in [-0.2, 0) is 13.0 Å². The SMILES string of the molecule is CCCN(CCC)C(O)C1CC(N)=Nc2cc(-c3ccc4c(=O)n(Cc5ccccn5)ccc4c3)cc(Cl)c2C1. The van der Waals surface area contributed by atoms with Gasteiger partial charge in [0.15, 0.2) is 0 Å². The first-order valence-electron chi connectivity index (χ1n) is 14.0. The Bertz CT molecular complexity index is 1580. The summed E-state index contributed by atoms with van der Waals surface area (Å²) in [5.74, 6) is 0.399. The van der Waals surface area contributed by atoms with E-state index in [2.05, 4.69) is 23.7 Å². The number of hydrogen-bond donors (Lipinski definition) is 2. The van der Waals surface area contributed by atoms with Crippen LogP contribution in [0.5, 0.6) is 0 Å². The highest BCUT2D eigenvalue weighted by Crippen LogP contribution is 2.38. The van der Waals surface area contributed by atoms with Crippen LogP contribution < -0.4 is 11.3 Å². The van der Waals surface area contributed by atoms with Crippen LogP contribution in [-0.4, -0.2) is 44.7 Å². The smallest absolute Gasteiger partial charge is 0.258 e. The van der Waals surface area contributed by atoms with Crippen LogP contribution >= 0.6 is 11.6 Å². The average molecular weight is 558 g/mol. The molecule has 0 saturated carbocycles. The number of nitrogens with zero attached hydrogens (tertiary/aromatic N) is 4. The fourth-order valence-electron chi connectivity index (χ4n) is 5.61. The Morgan fingerprint density at radius 1 is 1.07 bits per heavy atom. The minimum Gasteiger partial charge on any atom is -0.387 e. The summed E-state index contributed by atoms with van der Waals surface area (Å²) in [6.45, 7) is 6.32. The molecule has 40 heavy (non-hydrogen) atoms. The molecule has 4 aromatic rings. The molecule has 0 aliphatic carbocycles. The lowest BCUT2D eigenvalue weighted by molar-refractivity contribution is -0.0380. The van der Waals surface area contributed by atoms with Gasteiger partial charge in [-0.2, -0.15) is 0 Å². The van der Waals surface area contributed by atoms with Gasteiger partial charge in [0.05, 0.1) is 17.9 Å². The van der Waals surface area contributed by atoms with Gasteiger partial charge in [-0.1, -0.05) is 37.6 Å². The summed E-state index contributed by atoms with van der Waals surface area (Å²) in [4.78, 5) is 24.4. The molecule has 7 nitrogen and oxygen atoms in total. The van der Waals surface area contributed by atoms with Crippen LogP contribution in [0.15, 0.2) is 76.8 Å². The molecule has 2 aromatic carbocycles. The van der Waals surface area contributed by atoms with Crippen molar-refractivity contribution >= 4 is 33.9 Å². The quantitative estimate of drug-likeness (QED) is 0.255. The number of aliphatic imine (C=N–C) groups is 1. The van der Waals surface area contributed by atoms with E-state index in [1.54, 1.807) is 10.8 Å². The van der Waals surface area contributed by atoms with Crippen LogP contribution in [0.2, 0.25) is 5.02 Å². The molecule has 0 saturated heterocycles. The minimum atomic E-state index is -0.613. The van der Waals surface area contributed by atoms with Crippen LogP contribution in [0.4, 0.5) is 5.69 Å². The number of aromatic nitrogens is 2. The van der Waals surface area contributed by atoms with Gasteiger partial charge in [-0.15, -0.1) is 0 Å². The summed E-state index contributed by atoms with van der Waals surface area (Å²) in [6, 6.07) is 17.4. The van der Waals surface area contributed by atoms with Crippen molar-refractivity contribution in [1.29, 1.82) is 0 Å². The Labute approximate surface area is 240 Å². The monoisotopic (exact) mass is 557 g/mol. The number of fused-ring (bicyclic) bond motifs is 2. The molecular formula is C32H36ClN5O2. The summed E-state index contributed by atoms with van der Waals surface area (Å²) >= 11 is 6.87. The normalized spacial score (nSPS) is 16.0. The predicted molar refractivity (Wildman–Crippen MR) is 163 cm³/mol. The lowest BCUT2D eigenvalue weighted by atomic mass is 9.92. The zero-order valence-corrected chi connectivity index (χ0v) is 23.8. The average Bonchev–Trinajstić information content (AvgIpc) is 3.13. The minimum absolute atomic E-state index is 0.0585. The third kappa shape index (κ3) is 5.97. The highest BCUT2D eigenvalue weighted by Gasteiger charge is 2.29. The largest absolute Gasteiger partial charge is 0.387 e. The summed E-state index contributed by atoms with van der Waals surface area (Å²) < 4.78 is 1.67. The van der Waals surface area contributed by atoms with Gasteiger partial charge in [-0.3, -0.25) is 14.7 Å². The van der Waals surface area contributed by atoms with Crippen molar-refractivity contribution in [2.75, 3.05) is 13.1 Å². The van der Waals surface area contributed by atoms with Crippen molar-refractivity contribution in [2.24, 2.45) is 16.6 Å². The second-order valence-corrected chi connectivity index (χ2v) is 11.0. The summed E-state index contributed by atoms with van der Waals surface area (Å²) in [5, 5.41) is 13.4. The Morgan fingerprint density at radius 2 is 1.88 bits per heavy atom. The third-order valence-electron chi connectivity index (χ3n) is 7.56. The fourth-order valence-corrected chi connectivity index (χ4v) is 5.90. The standard InChI is InChI=1S/C32H36ClN5O2/c1-3-12-37(13-4-2)31(39)24-16-27-28(33)17-23(18-29(27)36-30(34)19-24)21-8-9-26-22(15-21)10-14-38(32(26)40)20-25-7-5-6-11-35-25/h5-11,14-15,17-18,24,31,39H,3-4,12-13,16,19-20H2,1-2H3,(H2,34,36). The van der Waals surface area contributed by atoms with Crippen LogP contribution in [0, 0.1) is 5.92 Å². The summed E-state index contributed by atoms with van der Waals surface area (Å²) in [5.41, 5.74) is 10.6. The zero-order chi connectivity index (χ0) is 28.2. The molecule has 0 radical (unpaired) electrons. The van der Waals surface area contributed by atoms with Crippen molar-refractivity contribution < 1.29 is 5.11 Å². The molecule has 0 bridgehead atoms. The molecular weight excluding hydrogens is 522 g/mol. The third-order valence-corrected chi connectivity index (χ3v) is 7.90. The van der Waals surface area contributed by atoms with Crippen LogP contribution in [0.3, 0.4) is 0 Å². The predicted octanol–water partition coefficient (Wildman–Crippen LogP) is 5.76. The summed E-state index contributed by atoms with van der Waals surface area (Å²) in [6.07, 6.45) is 5.97. The van der Waals surface area contributed by atoms with E-state index in [-0.39, 0.29) is 11.5 Å². The molecule has 0 spiro atoms. The second kappa shape index (κ2) is 12.3. The van der Waals surface area contributed by atoms with Crippen molar-refractivity contribution in [3.63, 3.8) is 0 Å². The van der Waals surface area contributed by atoms with Gasteiger partial charge in [0.2, 0.25) is 0 Å². The van der Waals surface area contributed by atoms with Crippen molar-refractivity contribution in [1.82, 2.24) is 14.5 Å².